The van der Waals surface area contributed by atoms with Crippen molar-refractivity contribution in [3.63, 3.8) is 0 Å². The van der Waals surface area contributed by atoms with Gasteiger partial charge in [-0.05, 0) is 38.2 Å². The van der Waals surface area contributed by atoms with Gasteiger partial charge in [0.05, 0.1) is 27.7 Å². The number of allylic oxidation sites excluding steroid dienone is 4. The zero-order valence-corrected chi connectivity index (χ0v) is 38.2. The van der Waals surface area contributed by atoms with E-state index in [4.69, 9.17) is 18.5 Å². The van der Waals surface area contributed by atoms with Gasteiger partial charge in [-0.1, -0.05) is 167 Å². The predicted octanol–water partition coefficient (Wildman–Crippen LogP) is 11.7. The summed E-state index contributed by atoms with van der Waals surface area (Å²) < 4.78 is 33.9. The zero-order chi connectivity index (χ0) is 42.3. The summed E-state index contributed by atoms with van der Waals surface area (Å²) in [6.45, 7) is 4.04. The molecule has 10 nitrogen and oxygen atoms in total. The molecule has 0 rings (SSSR count). The molecule has 11 heteroatoms. The molecule has 0 aromatic heterocycles. The lowest BCUT2D eigenvalue weighted by atomic mass is 10.0. The van der Waals surface area contributed by atoms with Crippen LogP contribution in [0.2, 0.25) is 0 Å². The maximum Gasteiger partial charge on any atom is 0.306 e. The Hall–Kier alpha value is -1.84. The van der Waals surface area contributed by atoms with Crippen molar-refractivity contribution >= 4 is 25.5 Å². The first kappa shape index (κ1) is 55.2. The standard InChI is InChI=1S/C46H86NO9P/c1-6-8-10-11-12-13-14-15-16-17-18-19-20-23-27-30-34-38-46(50)56-44(42-55-57(51,52)54-40-39-47(3,4)5)41-53-45(49)37-33-29-26-24-21-22-25-28-32-36-43(48)35-31-9-7-2/h25,28,32,36,44H,6-24,26-27,29-31,33-35,37-42H2,1-5H3/b28-25-,36-32+/t44-/m1/s1. The highest BCUT2D eigenvalue weighted by Crippen LogP contribution is 2.38. The van der Waals surface area contributed by atoms with Gasteiger partial charge in [0.25, 0.3) is 7.82 Å². The summed E-state index contributed by atoms with van der Waals surface area (Å²) >= 11 is 0. The van der Waals surface area contributed by atoms with E-state index in [0.29, 0.717) is 30.3 Å². The largest absolute Gasteiger partial charge is 0.756 e. The number of unbranched alkanes of at least 4 members (excludes halogenated alkanes) is 23. The van der Waals surface area contributed by atoms with Crippen molar-refractivity contribution in [2.45, 2.75) is 206 Å². The van der Waals surface area contributed by atoms with E-state index < -0.39 is 32.5 Å². The molecular weight excluding hydrogens is 741 g/mol. The molecule has 334 valence electrons. The monoisotopic (exact) mass is 828 g/mol. The third kappa shape index (κ3) is 42.1. The lowest BCUT2D eigenvalue weighted by Crippen LogP contribution is -2.37. The number of rotatable bonds is 42. The van der Waals surface area contributed by atoms with Gasteiger partial charge in [-0.3, -0.25) is 18.9 Å². The Morgan fingerprint density at radius 3 is 1.56 bits per heavy atom. The summed E-state index contributed by atoms with van der Waals surface area (Å²) in [5.74, 6) is -0.710. The summed E-state index contributed by atoms with van der Waals surface area (Å²) in [6, 6.07) is 0. The Bertz CT molecular complexity index is 1090. The number of esters is 2. The third-order valence-corrected chi connectivity index (χ3v) is 10.9. The fraction of sp³-hybridized carbons (Fsp3) is 0.848. The molecule has 0 spiro atoms. The van der Waals surface area contributed by atoms with E-state index in [1.165, 1.54) is 83.5 Å². The molecule has 0 amide bonds. The van der Waals surface area contributed by atoms with Crippen molar-refractivity contribution < 1.29 is 46.8 Å². The first-order valence-electron chi connectivity index (χ1n) is 23.0. The van der Waals surface area contributed by atoms with Gasteiger partial charge < -0.3 is 27.9 Å². The number of carbonyl (C=O) groups excluding carboxylic acids is 3. The van der Waals surface area contributed by atoms with Crippen LogP contribution in [0.5, 0.6) is 0 Å². The lowest BCUT2D eigenvalue weighted by Gasteiger charge is -2.28. The van der Waals surface area contributed by atoms with Crippen LogP contribution in [0.1, 0.15) is 200 Å². The van der Waals surface area contributed by atoms with E-state index in [2.05, 4.69) is 19.9 Å². The van der Waals surface area contributed by atoms with E-state index in [-0.39, 0.29) is 31.8 Å². The number of ketones is 1. The third-order valence-electron chi connectivity index (χ3n) is 9.95. The molecule has 0 saturated carbocycles. The molecule has 0 aliphatic heterocycles. The maximum atomic E-state index is 12.7. The second-order valence-corrected chi connectivity index (χ2v) is 18.2. The minimum Gasteiger partial charge on any atom is -0.756 e. The molecule has 1 unspecified atom stereocenters. The van der Waals surface area contributed by atoms with Crippen LogP contribution in [-0.4, -0.2) is 75.8 Å². The molecular formula is C46H86NO9P. The van der Waals surface area contributed by atoms with Gasteiger partial charge in [0.15, 0.2) is 11.9 Å². The average molecular weight is 828 g/mol. The molecule has 0 aliphatic rings. The summed E-state index contributed by atoms with van der Waals surface area (Å²) in [7, 11) is 1.12. The number of quaternary nitrogens is 1. The number of nitrogens with zero attached hydrogens (tertiary/aromatic N) is 1. The van der Waals surface area contributed by atoms with Crippen LogP contribution in [0.3, 0.4) is 0 Å². The van der Waals surface area contributed by atoms with E-state index >= 15 is 0 Å². The minimum absolute atomic E-state index is 0.0432. The number of phosphoric ester groups is 1. The molecule has 0 heterocycles. The quantitative estimate of drug-likeness (QED) is 0.0147. The fourth-order valence-corrected chi connectivity index (χ4v) is 7.01. The Labute approximate surface area is 349 Å². The Morgan fingerprint density at radius 2 is 1.04 bits per heavy atom. The molecule has 0 fully saturated rings. The van der Waals surface area contributed by atoms with Crippen molar-refractivity contribution in [3.8, 4) is 0 Å². The molecule has 57 heavy (non-hydrogen) atoms. The van der Waals surface area contributed by atoms with Crippen LogP contribution in [0.4, 0.5) is 0 Å². The van der Waals surface area contributed by atoms with E-state index in [0.717, 1.165) is 70.6 Å². The molecule has 0 radical (unpaired) electrons. The number of ether oxygens (including phenoxy) is 2. The molecule has 0 bridgehead atoms. The highest BCUT2D eigenvalue weighted by Gasteiger charge is 2.21. The number of likely N-dealkylation sites (N-methyl/N-ethyl adjacent to an activating group) is 1. The predicted molar refractivity (Wildman–Crippen MR) is 232 cm³/mol. The molecule has 0 aliphatic carbocycles. The van der Waals surface area contributed by atoms with Crippen molar-refractivity contribution in [1.82, 2.24) is 0 Å². The number of hydrogen-bond donors (Lipinski definition) is 0. The molecule has 0 aromatic carbocycles. The molecule has 0 saturated heterocycles. The summed E-state index contributed by atoms with van der Waals surface area (Å²) in [6.07, 6.45) is 37.5. The zero-order valence-electron chi connectivity index (χ0n) is 37.3. The first-order chi connectivity index (χ1) is 27.4. The highest BCUT2D eigenvalue weighted by atomic mass is 31.2. The van der Waals surface area contributed by atoms with Crippen LogP contribution in [-0.2, 0) is 37.5 Å². The van der Waals surface area contributed by atoms with Gasteiger partial charge in [0.2, 0.25) is 0 Å². The SMILES string of the molecule is CCCCCCCCCCCCCCCCCCCC(=O)O[C@H](COC(=O)CCCCCCC/C=C\C=C\C(=O)CCCCC)COP(=O)([O-])OCC[N+](C)(C)C. The van der Waals surface area contributed by atoms with Gasteiger partial charge in [0, 0.05) is 19.3 Å². The maximum absolute atomic E-state index is 12.7. The van der Waals surface area contributed by atoms with Gasteiger partial charge in [0.1, 0.15) is 19.8 Å². The summed E-state index contributed by atoms with van der Waals surface area (Å²) in [5.41, 5.74) is 0. The van der Waals surface area contributed by atoms with Crippen molar-refractivity contribution in [2.75, 3.05) is 47.5 Å². The fourth-order valence-electron chi connectivity index (χ4n) is 6.28. The van der Waals surface area contributed by atoms with Crippen molar-refractivity contribution in [3.05, 3.63) is 24.3 Å². The van der Waals surface area contributed by atoms with Crippen LogP contribution in [0.15, 0.2) is 24.3 Å². The van der Waals surface area contributed by atoms with Gasteiger partial charge >= 0.3 is 11.9 Å². The average Bonchev–Trinajstić information content (AvgIpc) is 3.15. The Balaban J connectivity index is 4.37. The summed E-state index contributed by atoms with van der Waals surface area (Å²) in [5, 5.41) is 0. The van der Waals surface area contributed by atoms with Gasteiger partial charge in [-0.25, -0.2) is 0 Å². The van der Waals surface area contributed by atoms with Gasteiger partial charge in [-0.15, -0.1) is 0 Å². The summed E-state index contributed by atoms with van der Waals surface area (Å²) in [4.78, 5) is 49.3. The first-order valence-corrected chi connectivity index (χ1v) is 24.5. The van der Waals surface area contributed by atoms with Gasteiger partial charge in [-0.2, -0.15) is 0 Å². The van der Waals surface area contributed by atoms with Crippen molar-refractivity contribution in [1.29, 1.82) is 0 Å². The van der Waals surface area contributed by atoms with E-state index in [1.807, 2.05) is 33.3 Å². The highest BCUT2D eigenvalue weighted by molar-refractivity contribution is 7.45. The van der Waals surface area contributed by atoms with E-state index in [1.54, 1.807) is 6.08 Å². The minimum atomic E-state index is -4.64. The second-order valence-electron chi connectivity index (χ2n) is 16.8. The topological polar surface area (TPSA) is 128 Å². The smallest absolute Gasteiger partial charge is 0.306 e. The molecule has 0 aromatic rings. The van der Waals surface area contributed by atoms with Crippen molar-refractivity contribution in [2.24, 2.45) is 0 Å². The van der Waals surface area contributed by atoms with Crippen LogP contribution in [0, 0.1) is 0 Å². The Kier molecular flexibility index (Phi) is 37.1. The molecule has 2 atom stereocenters. The number of carbonyl (C=O) groups is 3. The van der Waals surface area contributed by atoms with E-state index in [9.17, 15) is 23.8 Å². The van der Waals surface area contributed by atoms with Crippen LogP contribution in [0.25, 0.3) is 0 Å². The van der Waals surface area contributed by atoms with Crippen LogP contribution < -0.4 is 4.89 Å². The van der Waals surface area contributed by atoms with Crippen LogP contribution >= 0.6 is 7.82 Å². The number of hydrogen-bond acceptors (Lipinski definition) is 9. The normalized spacial score (nSPS) is 13.6. The number of phosphoric acid groups is 1. The molecule has 0 N–H and O–H groups in total. The Morgan fingerprint density at radius 1 is 0.579 bits per heavy atom. The lowest BCUT2D eigenvalue weighted by molar-refractivity contribution is -0.870. The second kappa shape index (κ2) is 38.4.